The average Bonchev–Trinajstić information content (AvgIpc) is 2.76. The zero-order chi connectivity index (χ0) is 21.1. The van der Waals surface area contributed by atoms with Crippen LogP contribution in [0.4, 0.5) is 0 Å². The Morgan fingerprint density at radius 3 is 2.41 bits per heavy atom. The van der Waals surface area contributed by atoms with Gasteiger partial charge in [-0.3, -0.25) is 0 Å². The van der Waals surface area contributed by atoms with Crippen molar-refractivity contribution < 1.29 is 14.6 Å². The van der Waals surface area contributed by atoms with Crippen LogP contribution < -0.4 is 20.1 Å². The maximum absolute atomic E-state index is 8.92. The largest absolute Gasteiger partial charge is 0.493 e. The van der Waals surface area contributed by atoms with Crippen molar-refractivity contribution in [1.29, 1.82) is 0 Å². The second kappa shape index (κ2) is 12.0. The van der Waals surface area contributed by atoms with E-state index < -0.39 is 0 Å². The summed E-state index contributed by atoms with van der Waals surface area (Å²) >= 11 is 0. The fraction of sp³-hybridized carbons (Fsp3) is 0.435. The summed E-state index contributed by atoms with van der Waals surface area (Å²) < 4.78 is 10.9. The van der Waals surface area contributed by atoms with Crippen LogP contribution in [0.3, 0.4) is 0 Å². The summed E-state index contributed by atoms with van der Waals surface area (Å²) in [5.41, 5.74) is 3.57. The first-order chi connectivity index (χ1) is 14.1. The van der Waals surface area contributed by atoms with Gasteiger partial charge in [0.1, 0.15) is 6.61 Å². The van der Waals surface area contributed by atoms with Crippen LogP contribution in [0.25, 0.3) is 0 Å². The molecule has 0 aliphatic rings. The van der Waals surface area contributed by atoms with E-state index >= 15 is 0 Å². The quantitative estimate of drug-likeness (QED) is 0.421. The SMILES string of the molecule is CCNC(=NCc1ccc(OCCO)c(OC)c1)NC(C)c1ccc(CC)cc1. The molecular formula is C23H33N3O3. The number of methoxy groups -OCH3 is 1. The molecule has 0 aliphatic carbocycles. The minimum Gasteiger partial charge on any atom is -0.493 e. The molecule has 0 aromatic heterocycles. The molecule has 6 nitrogen and oxygen atoms in total. The maximum Gasteiger partial charge on any atom is 0.192 e. The smallest absolute Gasteiger partial charge is 0.192 e. The number of benzene rings is 2. The van der Waals surface area contributed by atoms with Gasteiger partial charge in [0.05, 0.1) is 26.3 Å². The predicted octanol–water partition coefficient (Wildman–Crippen LogP) is 3.45. The number of guanidine groups is 1. The molecule has 1 unspecified atom stereocenters. The van der Waals surface area contributed by atoms with Crippen LogP contribution in [0.2, 0.25) is 0 Å². The molecule has 3 N–H and O–H groups in total. The van der Waals surface area contributed by atoms with Crippen LogP contribution in [0.1, 0.15) is 43.5 Å². The van der Waals surface area contributed by atoms with Crippen molar-refractivity contribution in [2.24, 2.45) is 4.99 Å². The molecule has 2 aromatic rings. The first kappa shape index (κ1) is 22.6. The first-order valence-corrected chi connectivity index (χ1v) is 10.2. The number of aliphatic hydroxyl groups excluding tert-OH is 1. The van der Waals surface area contributed by atoms with Crippen molar-refractivity contribution in [2.75, 3.05) is 26.9 Å². The van der Waals surface area contributed by atoms with E-state index in [0.29, 0.717) is 18.0 Å². The van der Waals surface area contributed by atoms with Gasteiger partial charge in [0.15, 0.2) is 17.5 Å². The van der Waals surface area contributed by atoms with Crippen molar-refractivity contribution in [3.8, 4) is 11.5 Å². The van der Waals surface area contributed by atoms with Gasteiger partial charge >= 0.3 is 0 Å². The fourth-order valence-electron chi connectivity index (χ4n) is 2.91. The van der Waals surface area contributed by atoms with Crippen LogP contribution >= 0.6 is 0 Å². The van der Waals surface area contributed by atoms with Gasteiger partial charge in [-0.05, 0) is 49.1 Å². The summed E-state index contributed by atoms with van der Waals surface area (Å²) in [4.78, 5) is 4.71. The van der Waals surface area contributed by atoms with E-state index in [-0.39, 0.29) is 19.3 Å². The summed E-state index contributed by atoms with van der Waals surface area (Å²) in [6.07, 6.45) is 1.04. The number of ether oxygens (including phenoxy) is 2. The van der Waals surface area contributed by atoms with E-state index in [9.17, 15) is 0 Å². The van der Waals surface area contributed by atoms with Gasteiger partial charge in [-0.1, -0.05) is 37.3 Å². The average molecular weight is 400 g/mol. The Labute approximate surface area is 174 Å². The van der Waals surface area contributed by atoms with Crippen molar-refractivity contribution in [2.45, 2.75) is 39.8 Å². The van der Waals surface area contributed by atoms with Crippen LogP contribution in [-0.4, -0.2) is 37.9 Å². The molecule has 0 bridgehead atoms. The molecule has 0 spiro atoms. The first-order valence-electron chi connectivity index (χ1n) is 10.2. The third-order valence-corrected chi connectivity index (χ3v) is 4.58. The van der Waals surface area contributed by atoms with Gasteiger partial charge < -0.3 is 25.2 Å². The zero-order valence-electron chi connectivity index (χ0n) is 17.9. The number of nitrogens with one attached hydrogen (secondary N) is 2. The van der Waals surface area contributed by atoms with Gasteiger partial charge in [0.25, 0.3) is 0 Å². The molecule has 0 amide bonds. The third kappa shape index (κ3) is 6.98. The zero-order valence-corrected chi connectivity index (χ0v) is 17.9. The van der Waals surface area contributed by atoms with Crippen LogP contribution in [0.15, 0.2) is 47.5 Å². The Kier molecular flexibility index (Phi) is 9.31. The molecule has 0 heterocycles. The molecule has 0 aliphatic heterocycles. The number of aliphatic hydroxyl groups is 1. The van der Waals surface area contributed by atoms with E-state index in [1.807, 2.05) is 25.1 Å². The lowest BCUT2D eigenvalue weighted by Gasteiger charge is -2.18. The van der Waals surface area contributed by atoms with Crippen molar-refractivity contribution in [3.63, 3.8) is 0 Å². The Morgan fingerprint density at radius 1 is 1.07 bits per heavy atom. The summed E-state index contributed by atoms with van der Waals surface area (Å²) in [5, 5.41) is 15.7. The highest BCUT2D eigenvalue weighted by atomic mass is 16.5. The third-order valence-electron chi connectivity index (χ3n) is 4.58. The van der Waals surface area contributed by atoms with Gasteiger partial charge in [0, 0.05) is 6.54 Å². The Balaban J connectivity index is 2.07. The van der Waals surface area contributed by atoms with Crippen LogP contribution in [0.5, 0.6) is 11.5 Å². The highest BCUT2D eigenvalue weighted by Crippen LogP contribution is 2.28. The summed E-state index contributed by atoms with van der Waals surface area (Å²) in [6, 6.07) is 14.5. The van der Waals surface area contributed by atoms with Crippen molar-refractivity contribution in [1.82, 2.24) is 10.6 Å². The minimum atomic E-state index is -0.0354. The topological polar surface area (TPSA) is 75.1 Å². The van der Waals surface area contributed by atoms with Crippen molar-refractivity contribution >= 4 is 5.96 Å². The molecule has 1 atom stereocenters. The lowest BCUT2D eigenvalue weighted by Crippen LogP contribution is -2.38. The second-order valence-electron chi connectivity index (χ2n) is 6.71. The molecule has 2 aromatic carbocycles. The number of aryl methyl sites for hydroxylation is 1. The van der Waals surface area contributed by atoms with Crippen molar-refractivity contribution in [3.05, 3.63) is 59.2 Å². The monoisotopic (exact) mass is 399 g/mol. The number of hydrogen-bond donors (Lipinski definition) is 3. The van der Waals surface area contributed by atoms with Gasteiger partial charge in [-0.2, -0.15) is 0 Å². The lowest BCUT2D eigenvalue weighted by molar-refractivity contribution is 0.196. The molecule has 29 heavy (non-hydrogen) atoms. The van der Waals surface area contributed by atoms with Gasteiger partial charge in [-0.15, -0.1) is 0 Å². The highest BCUT2D eigenvalue weighted by molar-refractivity contribution is 5.80. The lowest BCUT2D eigenvalue weighted by atomic mass is 10.1. The van der Waals surface area contributed by atoms with E-state index in [1.165, 1.54) is 11.1 Å². The summed E-state index contributed by atoms with van der Waals surface area (Å²) in [5.74, 6) is 2.01. The maximum atomic E-state index is 8.92. The predicted molar refractivity (Wildman–Crippen MR) is 118 cm³/mol. The Bertz CT molecular complexity index is 775. The molecule has 2 rings (SSSR count). The Morgan fingerprint density at radius 2 is 1.79 bits per heavy atom. The molecule has 0 saturated heterocycles. The highest BCUT2D eigenvalue weighted by Gasteiger charge is 2.09. The molecule has 0 radical (unpaired) electrons. The van der Waals surface area contributed by atoms with E-state index in [0.717, 1.165) is 24.5 Å². The number of hydrogen-bond acceptors (Lipinski definition) is 4. The normalized spacial score (nSPS) is 12.4. The molecular weight excluding hydrogens is 366 g/mol. The molecule has 6 heteroatoms. The summed E-state index contributed by atoms with van der Waals surface area (Å²) in [7, 11) is 1.60. The van der Waals surface area contributed by atoms with Gasteiger partial charge in [-0.25, -0.2) is 4.99 Å². The van der Waals surface area contributed by atoms with Gasteiger partial charge in [0.2, 0.25) is 0 Å². The van der Waals surface area contributed by atoms with Crippen LogP contribution in [0, 0.1) is 0 Å². The number of nitrogens with zero attached hydrogens (tertiary/aromatic N) is 1. The minimum absolute atomic E-state index is 0.0354. The van der Waals surface area contributed by atoms with Crippen LogP contribution in [-0.2, 0) is 13.0 Å². The summed E-state index contributed by atoms with van der Waals surface area (Å²) in [6.45, 7) is 7.83. The van der Waals surface area contributed by atoms with E-state index in [2.05, 4.69) is 48.7 Å². The second-order valence-corrected chi connectivity index (χ2v) is 6.71. The molecule has 158 valence electrons. The molecule has 0 saturated carbocycles. The molecule has 0 fully saturated rings. The standard InChI is InChI=1S/C23H33N3O3/c1-5-18-7-10-20(11-8-18)17(3)26-23(24-6-2)25-16-19-9-12-21(29-14-13-27)22(15-19)28-4/h7-12,15,17,27H,5-6,13-14,16H2,1-4H3,(H2,24,25,26). The Hall–Kier alpha value is -2.73. The fourth-order valence-corrected chi connectivity index (χ4v) is 2.91. The number of rotatable bonds is 10. The van der Waals surface area contributed by atoms with E-state index in [1.54, 1.807) is 7.11 Å². The van der Waals surface area contributed by atoms with E-state index in [4.69, 9.17) is 19.6 Å². The number of aliphatic imine (C=N–C) groups is 1.